The molecule has 0 saturated carbocycles. The molecule has 1 unspecified atom stereocenters. The lowest BCUT2D eigenvalue weighted by Gasteiger charge is -2.28. The first kappa shape index (κ1) is 20.1. The molecule has 9 heteroatoms. The molecule has 2 amide bonds. The van der Waals surface area contributed by atoms with Crippen LogP contribution in [0.1, 0.15) is 30.6 Å². The molecule has 27 heavy (non-hydrogen) atoms. The molecule has 0 spiro atoms. The molecule has 1 aromatic rings. The molecular formula is C18H22N2O7. The van der Waals surface area contributed by atoms with Crippen LogP contribution in [0.4, 0.5) is 4.79 Å². The van der Waals surface area contributed by atoms with Gasteiger partial charge in [0, 0.05) is 0 Å². The predicted octanol–water partition coefficient (Wildman–Crippen LogP) is 1.47. The van der Waals surface area contributed by atoms with Gasteiger partial charge in [-0.05, 0) is 31.5 Å². The van der Waals surface area contributed by atoms with Crippen LogP contribution in [0.25, 0.3) is 0 Å². The second-order valence-corrected chi connectivity index (χ2v) is 5.63. The van der Waals surface area contributed by atoms with Gasteiger partial charge < -0.3 is 30.0 Å². The van der Waals surface area contributed by atoms with Crippen LogP contribution in [0.3, 0.4) is 0 Å². The number of aromatic hydroxyl groups is 1. The highest BCUT2D eigenvalue weighted by Gasteiger charge is 2.32. The maximum atomic E-state index is 12.3. The van der Waals surface area contributed by atoms with Gasteiger partial charge in [0.15, 0.2) is 0 Å². The van der Waals surface area contributed by atoms with Crippen LogP contribution in [0.5, 0.6) is 11.5 Å². The molecule has 2 rings (SSSR count). The van der Waals surface area contributed by atoms with Crippen molar-refractivity contribution < 1.29 is 33.7 Å². The van der Waals surface area contributed by atoms with Gasteiger partial charge in [-0.1, -0.05) is 6.92 Å². The Morgan fingerprint density at radius 2 is 1.93 bits per heavy atom. The van der Waals surface area contributed by atoms with E-state index in [-0.39, 0.29) is 35.8 Å². The van der Waals surface area contributed by atoms with E-state index in [1.165, 1.54) is 25.3 Å². The van der Waals surface area contributed by atoms with Crippen LogP contribution in [-0.2, 0) is 14.3 Å². The van der Waals surface area contributed by atoms with E-state index in [2.05, 4.69) is 10.6 Å². The summed E-state index contributed by atoms with van der Waals surface area (Å²) in [5.74, 6) is -1.34. The summed E-state index contributed by atoms with van der Waals surface area (Å²) in [5, 5.41) is 14.9. The minimum atomic E-state index is -0.831. The Hall–Kier alpha value is -3.23. The number of urea groups is 1. The Bertz CT molecular complexity index is 773. The standard InChI is InChI=1S/C18H22N2O7/c1-4-12-15(17(23)26-5-2)13(20-18(24)19-12)9-27-16(22)11-8-10(25-3)6-7-14(11)21/h6-8,12,21H,4-5,9H2,1-3H3,(H2,19,20,24). The van der Waals surface area contributed by atoms with Gasteiger partial charge in [0.05, 0.1) is 31.0 Å². The van der Waals surface area contributed by atoms with Crippen molar-refractivity contribution in [2.45, 2.75) is 26.3 Å². The zero-order valence-electron chi connectivity index (χ0n) is 15.3. The van der Waals surface area contributed by atoms with Gasteiger partial charge in [0.2, 0.25) is 0 Å². The van der Waals surface area contributed by atoms with Gasteiger partial charge in [-0.3, -0.25) is 0 Å². The second-order valence-electron chi connectivity index (χ2n) is 5.63. The smallest absolute Gasteiger partial charge is 0.342 e. The number of hydrogen-bond acceptors (Lipinski definition) is 7. The van der Waals surface area contributed by atoms with Gasteiger partial charge in [-0.15, -0.1) is 0 Å². The van der Waals surface area contributed by atoms with Crippen molar-refractivity contribution in [1.82, 2.24) is 10.6 Å². The Labute approximate surface area is 156 Å². The Balaban J connectivity index is 2.25. The van der Waals surface area contributed by atoms with Crippen molar-refractivity contribution >= 4 is 18.0 Å². The molecule has 3 N–H and O–H groups in total. The van der Waals surface area contributed by atoms with Crippen molar-refractivity contribution in [3.8, 4) is 11.5 Å². The fourth-order valence-electron chi connectivity index (χ4n) is 2.60. The van der Waals surface area contributed by atoms with E-state index in [4.69, 9.17) is 14.2 Å². The number of phenols is 1. The van der Waals surface area contributed by atoms with Crippen LogP contribution in [0.15, 0.2) is 29.5 Å². The number of rotatable bonds is 7. The third kappa shape index (κ3) is 4.69. The van der Waals surface area contributed by atoms with Crippen molar-refractivity contribution in [1.29, 1.82) is 0 Å². The minimum Gasteiger partial charge on any atom is -0.507 e. The van der Waals surface area contributed by atoms with Crippen molar-refractivity contribution in [2.75, 3.05) is 20.3 Å². The van der Waals surface area contributed by atoms with Crippen molar-refractivity contribution in [2.24, 2.45) is 0 Å². The van der Waals surface area contributed by atoms with Crippen LogP contribution in [0.2, 0.25) is 0 Å². The summed E-state index contributed by atoms with van der Waals surface area (Å²) in [6.07, 6.45) is 0.454. The lowest BCUT2D eigenvalue weighted by Crippen LogP contribution is -2.51. The highest BCUT2D eigenvalue weighted by molar-refractivity contribution is 5.95. The summed E-state index contributed by atoms with van der Waals surface area (Å²) in [6.45, 7) is 3.26. The average Bonchev–Trinajstić information content (AvgIpc) is 2.65. The van der Waals surface area contributed by atoms with Crippen LogP contribution >= 0.6 is 0 Å². The molecule has 146 valence electrons. The quantitative estimate of drug-likeness (QED) is 0.614. The van der Waals surface area contributed by atoms with Crippen molar-refractivity contribution in [3.05, 3.63) is 35.0 Å². The number of carbonyl (C=O) groups is 3. The molecule has 0 aromatic heterocycles. The number of methoxy groups -OCH3 is 1. The van der Waals surface area contributed by atoms with E-state index in [0.29, 0.717) is 12.2 Å². The fourth-order valence-corrected chi connectivity index (χ4v) is 2.60. The number of phenolic OH excluding ortho intramolecular Hbond substituents is 1. The zero-order chi connectivity index (χ0) is 20.0. The number of amides is 2. The monoisotopic (exact) mass is 378 g/mol. The van der Waals surface area contributed by atoms with E-state index in [1.54, 1.807) is 13.8 Å². The molecule has 9 nitrogen and oxygen atoms in total. The molecule has 1 aromatic carbocycles. The molecule has 1 atom stereocenters. The van der Waals surface area contributed by atoms with Gasteiger partial charge >= 0.3 is 18.0 Å². The van der Waals surface area contributed by atoms with E-state index in [9.17, 15) is 19.5 Å². The second kappa shape index (κ2) is 8.93. The molecule has 0 bridgehead atoms. The molecule has 0 radical (unpaired) electrons. The molecule has 0 saturated heterocycles. The molecular weight excluding hydrogens is 356 g/mol. The Morgan fingerprint density at radius 1 is 1.19 bits per heavy atom. The maximum absolute atomic E-state index is 12.3. The maximum Gasteiger partial charge on any atom is 0.342 e. The topological polar surface area (TPSA) is 123 Å². The first-order chi connectivity index (χ1) is 12.9. The Kier molecular flexibility index (Phi) is 6.64. The molecule has 0 fully saturated rings. The third-order valence-electron chi connectivity index (χ3n) is 3.92. The van der Waals surface area contributed by atoms with Gasteiger partial charge in [0.25, 0.3) is 0 Å². The fraction of sp³-hybridized carbons (Fsp3) is 0.389. The number of esters is 2. The normalized spacial score (nSPS) is 16.3. The molecule has 1 heterocycles. The van der Waals surface area contributed by atoms with Crippen LogP contribution in [0, 0.1) is 0 Å². The van der Waals surface area contributed by atoms with E-state index < -0.39 is 24.0 Å². The first-order valence-electron chi connectivity index (χ1n) is 8.43. The summed E-state index contributed by atoms with van der Waals surface area (Å²) in [5.41, 5.74) is 0.237. The predicted molar refractivity (Wildman–Crippen MR) is 94.3 cm³/mol. The summed E-state index contributed by atoms with van der Waals surface area (Å²) in [7, 11) is 1.42. The SMILES string of the molecule is CCOC(=O)C1=C(COC(=O)c2cc(OC)ccc2O)NC(=O)NC1CC. The largest absolute Gasteiger partial charge is 0.507 e. The highest BCUT2D eigenvalue weighted by atomic mass is 16.5. The Morgan fingerprint density at radius 3 is 2.56 bits per heavy atom. The van der Waals surface area contributed by atoms with E-state index >= 15 is 0 Å². The lowest BCUT2D eigenvalue weighted by molar-refractivity contribution is -0.139. The minimum absolute atomic E-state index is 0.0973. The lowest BCUT2D eigenvalue weighted by atomic mass is 10.0. The van der Waals surface area contributed by atoms with Gasteiger partial charge in [-0.2, -0.15) is 0 Å². The van der Waals surface area contributed by atoms with Crippen LogP contribution < -0.4 is 15.4 Å². The van der Waals surface area contributed by atoms with E-state index in [1.807, 2.05) is 0 Å². The summed E-state index contributed by atoms with van der Waals surface area (Å²) in [4.78, 5) is 36.4. The molecule has 1 aliphatic heterocycles. The zero-order valence-corrected chi connectivity index (χ0v) is 15.3. The summed E-state index contributed by atoms with van der Waals surface area (Å²) in [6, 6.07) is 3.06. The average molecular weight is 378 g/mol. The highest BCUT2D eigenvalue weighted by Crippen LogP contribution is 2.24. The first-order valence-corrected chi connectivity index (χ1v) is 8.43. The van der Waals surface area contributed by atoms with E-state index in [0.717, 1.165) is 0 Å². The number of carbonyl (C=O) groups excluding carboxylic acids is 3. The van der Waals surface area contributed by atoms with Crippen molar-refractivity contribution in [3.63, 3.8) is 0 Å². The van der Waals surface area contributed by atoms with Gasteiger partial charge in [0.1, 0.15) is 23.7 Å². The summed E-state index contributed by atoms with van der Waals surface area (Å²) >= 11 is 0. The number of nitrogens with one attached hydrogen (secondary N) is 2. The summed E-state index contributed by atoms with van der Waals surface area (Å²) < 4.78 is 15.2. The third-order valence-corrected chi connectivity index (χ3v) is 3.92. The van der Waals surface area contributed by atoms with Gasteiger partial charge in [-0.25, -0.2) is 14.4 Å². The molecule has 1 aliphatic rings. The number of hydrogen-bond donors (Lipinski definition) is 3. The number of ether oxygens (including phenoxy) is 3. The molecule has 0 aliphatic carbocycles. The van der Waals surface area contributed by atoms with Crippen LogP contribution in [-0.4, -0.2) is 49.4 Å². The number of benzene rings is 1.